The Morgan fingerprint density at radius 3 is 2.84 bits per heavy atom. The van der Waals surface area contributed by atoms with Crippen molar-refractivity contribution in [1.82, 2.24) is 10.0 Å². The lowest BCUT2D eigenvalue weighted by Gasteiger charge is -2.22. The van der Waals surface area contributed by atoms with E-state index in [-0.39, 0.29) is 6.04 Å². The van der Waals surface area contributed by atoms with Gasteiger partial charge in [-0.25, -0.2) is 13.1 Å². The topological polar surface area (TPSA) is 58.2 Å². The van der Waals surface area contributed by atoms with Gasteiger partial charge < -0.3 is 5.32 Å². The van der Waals surface area contributed by atoms with Crippen molar-refractivity contribution in [2.45, 2.75) is 43.2 Å². The Morgan fingerprint density at radius 1 is 1.37 bits per heavy atom. The summed E-state index contributed by atoms with van der Waals surface area (Å²) in [5, 5.41) is 4.78. The Morgan fingerprint density at radius 2 is 2.21 bits per heavy atom. The molecule has 0 amide bonds. The zero-order chi connectivity index (χ0) is 13.5. The van der Waals surface area contributed by atoms with Crippen LogP contribution < -0.4 is 10.0 Å². The summed E-state index contributed by atoms with van der Waals surface area (Å²) in [5.74, 6) is 1.32. The number of rotatable bonds is 5. The van der Waals surface area contributed by atoms with Crippen LogP contribution in [-0.2, 0) is 16.6 Å². The van der Waals surface area contributed by atoms with E-state index in [2.05, 4.69) is 10.0 Å². The van der Waals surface area contributed by atoms with Crippen molar-refractivity contribution in [3.05, 3.63) is 16.3 Å². The van der Waals surface area contributed by atoms with Crippen molar-refractivity contribution in [3.63, 3.8) is 0 Å². The van der Waals surface area contributed by atoms with Crippen LogP contribution in [0.3, 0.4) is 0 Å². The van der Waals surface area contributed by atoms with Crippen molar-refractivity contribution in [2.24, 2.45) is 11.8 Å². The summed E-state index contributed by atoms with van der Waals surface area (Å²) in [6, 6.07) is 1.94. The maximum atomic E-state index is 12.4. The number of sulfonamides is 1. The largest absolute Gasteiger partial charge is 0.315 e. The second kappa shape index (κ2) is 5.16. The molecule has 4 nitrogen and oxygen atoms in total. The first-order valence-electron chi connectivity index (χ1n) is 6.83. The highest BCUT2D eigenvalue weighted by Crippen LogP contribution is 2.44. The van der Waals surface area contributed by atoms with Crippen LogP contribution in [0.1, 0.15) is 30.6 Å². The average molecular weight is 300 g/mol. The lowest BCUT2D eigenvalue weighted by Crippen LogP contribution is -2.38. The van der Waals surface area contributed by atoms with E-state index in [1.165, 1.54) is 30.6 Å². The van der Waals surface area contributed by atoms with Gasteiger partial charge in [-0.2, -0.15) is 0 Å². The Bertz CT molecular complexity index is 553. The molecule has 3 unspecified atom stereocenters. The summed E-state index contributed by atoms with van der Waals surface area (Å²) in [5.41, 5.74) is 0. The molecule has 1 aromatic rings. The predicted octanol–water partition coefficient (Wildman–Crippen LogP) is 1.93. The summed E-state index contributed by atoms with van der Waals surface area (Å²) in [6.07, 6.45) is 4.71. The molecule has 0 aromatic carbocycles. The standard InChI is InChI=1S/C13H20N2O2S2/c1-14-7-11-6-12(8-18-11)19(16,17)15-13-5-9-2-3-10(13)4-9/h6,8-10,13-15H,2-5,7H2,1H3. The minimum Gasteiger partial charge on any atom is -0.315 e. The first kappa shape index (κ1) is 13.5. The van der Waals surface area contributed by atoms with Crippen LogP contribution in [0.15, 0.2) is 16.3 Å². The van der Waals surface area contributed by atoms with Crippen molar-refractivity contribution < 1.29 is 8.42 Å². The van der Waals surface area contributed by atoms with Crippen LogP contribution in [0.25, 0.3) is 0 Å². The van der Waals surface area contributed by atoms with Gasteiger partial charge in [0.25, 0.3) is 0 Å². The molecular formula is C13H20N2O2S2. The molecule has 2 aliphatic carbocycles. The van der Waals surface area contributed by atoms with E-state index in [9.17, 15) is 8.42 Å². The molecule has 2 bridgehead atoms. The fourth-order valence-corrected chi connectivity index (χ4v) is 6.03. The second-order valence-corrected chi connectivity index (χ2v) is 8.39. The van der Waals surface area contributed by atoms with Crippen LogP contribution in [-0.4, -0.2) is 21.5 Å². The van der Waals surface area contributed by atoms with Crippen molar-refractivity contribution in [2.75, 3.05) is 7.05 Å². The molecule has 6 heteroatoms. The monoisotopic (exact) mass is 300 g/mol. The van der Waals surface area contributed by atoms with E-state index in [1.54, 1.807) is 11.4 Å². The summed E-state index contributed by atoms with van der Waals surface area (Å²) in [4.78, 5) is 1.47. The Labute approximate surface area is 118 Å². The summed E-state index contributed by atoms with van der Waals surface area (Å²) in [7, 11) is -1.47. The van der Waals surface area contributed by atoms with Crippen LogP contribution in [0, 0.1) is 11.8 Å². The maximum absolute atomic E-state index is 12.4. The molecule has 106 valence electrons. The average Bonchev–Trinajstić information content (AvgIpc) is 3.03. The molecule has 2 aliphatic rings. The molecule has 0 spiro atoms. The van der Waals surface area contributed by atoms with Crippen LogP contribution in [0.2, 0.25) is 0 Å². The van der Waals surface area contributed by atoms with Crippen molar-refractivity contribution in [1.29, 1.82) is 0 Å². The molecule has 3 atom stereocenters. The zero-order valence-corrected chi connectivity index (χ0v) is 12.7. The molecule has 0 aliphatic heterocycles. The Hall–Kier alpha value is -0.430. The number of nitrogens with one attached hydrogen (secondary N) is 2. The molecule has 19 heavy (non-hydrogen) atoms. The van der Waals surface area contributed by atoms with E-state index in [0.717, 1.165) is 17.2 Å². The van der Waals surface area contributed by atoms with Gasteiger partial charge in [0.1, 0.15) is 0 Å². The van der Waals surface area contributed by atoms with Crippen LogP contribution >= 0.6 is 11.3 Å². The van der Waals surface area contributed by atoms with Gasteiger partial charge in [-0.1, -0.05) is 6.42 Å². The van der Waals surface area contributed by atoms with Gasteiger partial charge in [-0.3, -0.25) is 0 Å². The molecular weight excluding hydrogens is 280 g/mol. The third-order valence-electron chi connectivity index (χ3n) is 4.34. The lowest BCUT2D eigenvalue weighted by molar-refractivity contribution is 0.390. The minimum absolute atomic E-state index is 0.163. The number of hydrogen-bond donors (Lipinski definition) is 2. The van der Waals surface area contributed by atoms with E-state index in [4.69, 9.17) is 0 Å². The van der Waals surface area contributed by atoms with Gasteiger partial charge in [0, 0.05) is 22.8 Å². The molecule has 3 rings (SSSR count). The molecule has 0 saturated heterocycles. The normalized spacial score (nSPS) is 30.1. The first-order valence-corrected chi connectivity index (χ1v) is 9.19. The fraction of sp³-hybridized carbons (Fsp3) is 0.692. The third kappa shape index (κ3) is 2.72. The van der Waals surface area contributed by atoms with Gasteiger partial charge in [0.15, 0.2) is 0 Å². The molecule has 2 fully saturated rings. The lowest BCUT2D eigenvalue weighted by atomic mass is 9.96. The Balaban J connectivity index is 1.71. The van der Waals surface area contributed by atoms with E-state index >= 15 is 0 Å². The predicted molar refractivity (Wildman–Crippen MR) is 76.6 cm³/mol. The molecule has 1 heterocycles. The summed E-state index contributed by atoms with van der Waals surface area (Å²) < 4.78 is 27.6. The SMILES string of the molecule is CNCc1cc(S(=O)(=O)NC2CC3CCC2C3)cs1. The Kier molecular flexibility index (Phi) is 3.68. The summed E-state index contributed by atoms with van der Waals surface area (Å²) >= 11 is 1.49. The van der Waals surface area contributed by atoms with E-state index in [1.807, 2.05) is 7.05 Å². The van der Waals surface area contributed by atoms with Crippen molar-refractivity contribution >= 4 is 21.4 Å². The second-order valence-electron chi connectivity index (χ2n) is 5.68. The number of thiophene rings is 1. The minimum atomic E-state index is -3.33. The molecule has 2 saturated carbocycles. The first-order chi connectivity index (χ1) is 9.08. The highest BCUT2D eigenvalue weighted by Gasteiger charge is 2.41. The van der Waals surface area contributed by atoms with Gasteiger partial charge in [0.05, 0.1) is 4.90 Å². The van der Waals surface area contributed by atoms with Gasteiger partial charge in [-0.05, 0) is 44.2 Å². The van der Waals surface area contributed by atoms with E-state index in [0.29, 0.717) is 17.4 Å². The molecule has 2 N–H and O–H groups in total. The highest BCUT2D eigenvalue weighted by atomic mass is 32.2. The van der Waals surface area contributed by atoms with Gasteiger partial charge in [-0.15, -0.1) is 11.3 Å². The number of fused-ring (bicyclic) bond motifs is 2. The quantitative estimate of drug-likeness (QED) is 0.873. The van der Waals surface area contributed by atoms with Gasteiger partial charge >= 0.3 is 0 Å². The van der Waals surface area contributed by atoms with Gasteiger partial charge in [0.2, 0.25) is 10.0 Å². The smallest absolute Gasteiger partial charge is 0.241 e. The molecule has 1 aromatic heterocycles. The molecule has 0 radical (unpaired) electrons. The maximum Gasteiger partial charge on any atom is 0.241 e. The summed E-state index contributed by atoms with van der Waals surface area (Å²) in [6.45, 7) is 0.717. The van der Waals surface area contributed by atoms with E-state index < -0.39 is 10.0 Å². The number of hydrogen-bond acceptors (Lipinski definition) is 4. The van der Waals surface area contributed by atoms with Crippen molar-refractivity contribution in [3.8, 4) is 0 Å². The fourth-order valence-electron chi connectivity index (χ4n) is 3.42. The van der Waals surface area contributed by atoms with Crippen LogP contribution in [0.5, 0.6) is 0 Å². The van der Waals surface area contributed by atoms with Crippen LogP contribution in [0.4, 0.5) is 0 Å². The zero-order valence-electron chi connectivity index (χ0n) is 11.1. The highest BCUT2D eigenvalue weighted by molar-refractivity contribution is 7.89. The third-order valence-corrected chi connectivity index (χ3v) is 6.89.